The van der Waals surface area contributed by atoms with Crippen LogP contribution in [-0.2, 0) is 0 Å². The minimum Gasteiger partial charge on any atom is -0.394 e. The number of hydrogen-bond acceptors (Lipinski definition) is 5. The fraction of sp³-hybridized carbons (Fsp3) is 0.750. The van der Waals surface area contributed by atoms with Gasteiger partial charge in [-0.2, -0.15) is 4.98 Å². The molecule has 74 valence electrons. The lowest BCUT2D eigenvalue weighted by Gasteiger charge is -2.00. The minimum atomic E-state index is -0.565. The Morgan fingerprint density at radius 1 is 1.62 bits per heavy atom. The van der Waals surface area contributed by atoms with Crippen LogP contribution in [0.5, 0.6) is 0 Å². The molecule has 1 aromatic rings. The van der Waals surface area contributed by atoms with Crippen molar-refractivity contribution in [1.82, 2.24) is 10.1 Å². The van der Waals surface area contributed by atoms with Crippen LogP contribution in [0.15, 0.2) is 4.52 Å². The van der Waals surface area contributed by atoms with E-state index in [0.717, 1.165) is 6.42 Å². The normalized spacial score (nSPS) is 15.7. The van der Waals surface area contributed by atoms with E-state index in [1.807, 2.05) is 13.8 Å². The molecule has 1 aromatic heterocycles. The zero-order valence-corrected chi connectivity index (χ0v) is 7.90. The van der Waals surface area contributed by atoms with E-state index in [1.54, 1.807) is 0 Å². The third kappa shape index (κ3) is 2.26. The predicted octanol–water partition coefficient (Wildman–Crippen LogP) is 0.575. The molecule has 0 bridgehead atoms. The smallest absolute Gasteiger partial charge is 0.245 e. The molecular weight excluding hydrogens is 170 g/mol. The Morgan fingerprint density at radius 3 is 2.85 bits per heavy atom. The second kappa shape index (κ2) is 4.34. The third-order valence-corrected chi connectivity index (χ3v) is 2.02. The van der Waals surface area contributed by atoms with E-state index >= 15 is 0 Å². The summed E-state index contributed by atoms with van der Waals surface area (Å²) in [6.45, 7) is 3.88. The molecule has 0 aromatic carbocycles. The van der Waals surface area contributed by atoms with Gasteiger partial charge < -0.3 is 15.4 Å². The number of aliphatic hydroxyl groups is 1. The van der Waals surface area contributed by atoms with Gasteiger partial charge in [0.05, 0.1) is 6.61 Å². The molecule has 0 aliphatic carbocycles. The van der Waals surface area contributed by atoms with Crippen LogP contribution < -0.4 is 5.73 Å². The Kier molecular flexibility index (Phi) is 3.39. The summed E-state index contributed by atoms with van der Waals surface area (Å²) in [5, 5.41) is 12.5. The highest BCUT2D eigenvalue weighted by Gasteiger charge is 2.16. The first-order valence-electron chi connectivity index (χ1n) is 4.39. The summed E-state index contributed by atoms with van der Waals surface area (Å²) >= 11 is 0. The fourth-order valence-corrected chi connectivity index (χ4v) is 0.859. The van der Waals surface area contributed by atoms with Crippen molar-refractivity contribution in [3.63, 3.8) is 0 Å². The van der Waals surface area contributed by atoms with Crippen molar-refractivity contribution in [3.8, 4) is 0 Å². The molecule has 0 aliphatic heterocycles. The standard InChI is InChI=1S/C8H15N3O2/c1-3-5(2)7-10-8(13-11-7)6(9)4-12/h5-6,12H,3-4,9H2,1-2H3/t5?,6-/m1/s1. The Bertz CT molecular complexity index is 237. The first kappa shape index (κ1) is 10.1. The lowest BCUT2D eigenvalue weighted by molar-refractivity contribution is 0.236. The molecule has 0 aliphatic rings. The molecule has 13 heavy (non-hydrogen) atoms. The number of nitrogens with two attached hydrogens (primary N) is 1. The zero-order chi connectivity index (χ0) is 9.84. The maximum Gasteiger partial charge on any atom is 0.245 e. The zero-order valence-electron chi connectivity index (χ0n) is 7.90. The van der Waals surface area contributed by atoms with Crippen molar-refractivity contribution in [2.75, 3.05) is 6.61 Å². The molecule has 0 fully saturated rings. The van der Waals surface area contributed by atoms with Crippen molar-refractivity contribution >= 4 is 0 Å². The summed E-state index contributed by atoms with van der Waals surface area (Å²) in [6.07, 6.45) is 0.952. The van der Waals surface area contributed by atoms with Gasteiger partial charge in [-0.25, -0.2) is 0 Å². The van der Waals surface area contributed by atoms with E-state index in [0.29, 0.717) is 11.7 Å². The summed E-state index contributed by atoms with van der Waals surface area (Å²) in [7, 11) is 0. The second-order valence-electron chi connectivity index (χ2n) is 3.09. The van der Waals surface area contributed by atoms with Crippen molar-refractivity contribution in [2.45, 2.75) is 32.2 Å². The maximum absolute atomic E-state index is 8.74. The average molecular weight is 185 g/mol. The second-order valence-corrected chi connectivity index (χ2v) is 3.09. The number of rotatable bonds is 4. The molecule has 1 heterocycles. The molecule has 0 spiro atoms. The van der Waals surface area contributed by atoms with E-state index in [4.69, 9.17) is 15.4 Å². The van der Waals surface area contributed by atoms with Crippen molar-refractivity contribution in [2.24, 2.45) is 5.73 Å². The molecule has 1 unspecified atom stereocenters. The van der Waals surface area contributed by atoms with Crippen molar-refractivity contribution in [3.05, 3.63) is 11.7 Å². The Labute approximate surface area is 76.9 Å². The molecule has 0 radical (unpaired) electrons. The van der Waals surface area contributed by atoms with Crippen LogP contribution in [0.4, 0.5) is 0 Å². The van der Waals surface area contributed by atoms with Crippen molar-refractivity contribution < 1.29 is 9.63 Å². The molecule has 2 atom stereocenters. The summed E-state index contributed by atoms with van der Waals surface area (Å²) in [5.74, 6) is 1.22. The Morgan fingerprint density at radius 2 is 2.31 bits per heavy atom. The van der Waals surface area contributed by atoms with Gasteiger partial charge in [-0.1, -0.05) is 19.0 Å². The monoisotopic (exact) mass is 185 g/mol. The maximum atomic E-state index is 8.74. The summed E-state index contributed by atoms with van der Waals surface area (Å²) in [4.78, 5) is 4.09. The van der Waals surface area contributed by atoms with Gasteiger partial charge >= 0.3 is 0 Å². The molecule has 0 saturated carbocycles. The van der Waals surface area contributed by atoms with Gasteiger partial charge in [-0.05, 0) is 6.42 Å². The van der Waals surface area contributed by atoms with Gasteiger partial charge in [-0.15, -0.1) is 0 Å². The third-order valence-electron chi connectivity index (χ3n) is 2.02. The van der Waals surface area contributed by atoms with Crippen LogP contribution in [0.2, 0.25) is 0 Å². The summed E-state index contributed by atoms with van der Waals surface area (Å²) < 4.78 is 4.89. The molecule has 0 saturated heterocycles. The number of aromatic nitrogens is 2. The number of aliphatic hydroxyl groups excluding tert-OH is 1. The first-order chi connectivity index (χ1) is 6.19. The Hall–Kier alpha value is -0.940. The van der Waals surface area contributed by atoms with Crippen LogP contribution >= 0.6 is 0 Å². The molecule has 5 nitrogen and oxygen atoms in total. The van der Waals surface area contributed by atoms with Gasteiger partial charge in [0.1, 0.15) is 6.04 Å². The van der Waals surface area contributed by atoms with E-state index in [-0.39, 0.29) is 12.5 Å². The molecule has 5 heteroatoms. The van der Waals surface area contributed by atoms with Gasteiger partial charge in [-0.3, -0.25) is 0 Å². The predicted molar refractivity (Wildman–Crippen MR) is 47.0 cm³/mol. The fourth-order valence-electron chi connectivity index (χ4n) is 0.859. The van der Waals surface area contributed by atoms with Crippen molar-refractivity contribution in [1.29, 1.82) is 0 Å². The number of nitrogens with zero attached hydrogens (tertiary/aromatic N) is 2. The molecule has 1 rings (SSSR count). The lowest BCUT2D eigenvalue weighted by atomic mass is 10.1. The van der Waals surface area contributed by atoms with Crippen LogP contribution in [0.25, 0.3) is 0 Å². The molecular formula is C8H15N3O2. The first-order valence-corrected chi connectivity index (χ1v) is 4.39. The SMILES string of the molecule is CCC(C)c1noc([C@H](N)CO)n1. The topological polar surface area (TPSA) is 85.2 Å². The highest BCUT2D eigenvalue weighted by Crippen LogP contribution is 2.16. The van der Waals surface area contributed by atoms with Gasteiger partial charge in [0.15, 0.2) is 5.82 Å². The van der Waals surface area contributed by atoms with Gasteiger partial charge in [0.25, 0.3) is 0 Å². The van der Waals surface area contributed by atoms with Crippen LogP contribution in [-0.4, -0.2) is 21.9 Å². The highest BCUT2D eigenvalue weighted by atomic mass is 16.5. The summed E-state index contributed by atoms with van der Waals surface area (Å²) in [6, 6.07) is -0.565. The minimum absolute atomic E-state index is 0.178. The Balaban J connectivity index is 2.74. The molecule has 3 N–H and O–H groups in total. The van der Waals surface area contributed by atoms with E-state index < -0.39 is 6.04 Å². The lowest BCUT2D eigenvalue weighted by Crippen LogP contribution is -2.14. The highest BCUT2D eigenvalue weighted by molar-refractivity contribution is 4.96. The van der Waals surface area contributed by atoms with Crippen LogP contribution in [0.1, 0.15) is 43.9 Å². The quantitative estimate of drug-likeness (QED) is 0.716. The van der Waals surface area contributed by atoms with E-state index in [2.05, 4.69) is 10.1 Å². The summed E-state index contributed by atoms with van der Waals surface area (Å²) in [5.41, 5.74) is 5.50. The largest absolute Gasteiger partial charge is 0.394 e. The van der Waals surface area contributed by atoms with Crippen LogP contribution in [0, 0.1) is 0 Å². The van der Waals surface area contributed by atoms with E-state index in [9.17, 15) is 0 Å². The number of hydrogen-bond donors (Lipinski definition) is 2. The van der Waals surface area contributed by atoms with Gasteiger partial charge in [0.2, 0.25) is 5.89 Å². The van der Waals surface area contributed by atoms with E-state index in [1.165, 1.54) is 0 Å². The van der Waals surface area contributed by atoms with Crippen LogP contribution in [0.3, 0.4) is 0 Å². The van der Waals surface area contributed by atoms with Gasteiger partial charge in [0, 0.05) is 5.92 Å². The molecule has 0 amide bonds. The average Bonchev–Trinajstić information content (AvgIpc) is 2.64.